The first-order valence-electron chi connectivity index (χ1n) is 8.12. The maximum Gasteiger partial charge on any atom is 0.331 e. The molecule has 5 nitrogen and oxygen atoms in total. The van der Waals surface area contributed by atoms with Crippen molar-refractivity contribution in [3.8, 4) is 5.75 Å². The van der Waals surface area contributed by atoms with Gasteiger partial charge in [0, 0.05) is 11.5 Å². The van der Waals surface area contributed by atoms with E-state index in [-0.39, 0.29) is 0 Å². The minimum absolute atomic E-state index is 0.321. The lowest BCUT2D eigenvalue weighted by Crippen LogP contribution is -2.36. The first-order chi connectivity index (χ1) is 12.6. The Morgan fingerprint density at radius 1 is 0.962 bits per heavy atom. The molecule has 0 bridgehead atoms. The Kier molecular flexibility index (Phi) is 4.74. The van der Waals surface area contributed by atoms with E-state index in [9.17, 15) is 14.4 Å². The number of hydrogen-bond donors (Lipinski definition) is 0. The van der Waals surface area contributed by atoms with Gasteiger partial charge in [0.1, 0.15) is 12.3 Å². The molecule has 2 aromatic rings. The van der Waals surface area contributed by atoms with E-state index < -0.39 is 24.3 Å². The van der Waals surface area contributed by atoms with Crippen LogP contribution >= 0.6 is 23.5 Å². The number of benzene rings is 2. The molecule has 7 heteroatoms. The molecular formula is C19H15NO4S2. The van der Waals surface area contributed by atoms with Crippen molar-refractivity contribution in [2.75, 3.05) is 18.1 Å². The van der Waals surface area contributed by atoms with Crippen molar-refractivity contribution in [3.05, 3.63) is 65.2 Å². The number of rotatable bonds is 4. The second-order valence-electron chi connectivity index (χ2n) is 5.86. The number of carbonyl (C=O) groups excluding carboxylic acids is 3. The minimum Gasteiger partial charge on any atom is -0.425 e. The SMILES string of the molecule is O=C(CN1C(=O)c2ccccc2C1=O)Oc1ccc(C2SCCS2)cc1. The molecular weight excluding hydrogens is 370 g/mol. The molecule has 0 spiro atoms. The Labute approximate surface area is 159 Å². The number of nitrogens with zero attached hydrogens (tertiary/aromatic N) is 1. The molecule has 0 radical (unpaired) electrons. The number of fused-ring (bicyclic) bond motifs is 1. The summed E-state index contributed by atoms with van der Waals surface area (Å²) in [6.07, 6.45) is 0. The van der Waals surface area contributed by atoms with Crippen LogP contribution < -0.4 is 4.74 Å². The van der Waals surface area contributed by atoms with Crippen molar-refractivity contribution in [1.82, 2.24) is 4.90 Å². The molecule has 0 aliphatic carbocycles. The van der Waals surface area contributed by atoms with Gasteiger partial charge in [-0.15, -0.1) is 23.5 Å². The van der Waals surface area contributed by atoms with Crippen LogP contribution in [0.1, 0.15) is 30.9 Å². The number of amides is 2. The largest absolute Gasteiger partial charge is 0.425 e. The predicted molar refractivity (Wildman–Crippen MR) is 102 cm³/mol. The highest BCUT2D eigenvalue weighted by molar-refractivity contribution is 8.19. The highest BCUT2D eigenvalue weighted by Crippen LogP contribution is 2.45. The average molecular weight is 385 g/mol. The van der Waals surface area contributed by atoms with Gasteiger partial charge in [0.05, 0.1) is 15.7 Å². The van der Waals surface area contributed by atoms with Crippen LogP contribution in [-0.4, -0.2) is 40.7 Å². The summed E-state index contributed by atoms with van der Waals surface area (Å²) in [6.45, 7) is -0.400. The van der Waals surface area contributed by atoms with Gasteiger partial charge in [0.15, 0.2) is 0 Å². The van der Waals surface area contributed by atoms with Crippen molar-refractivity contribution in [1.29, 1.82) is 0 Å². The fourth-order valence-electron chi connectivity index (χ4n) is 2.92. The Morgan fingerprint density at radius 2 is 1.54 bits per heavy atom. The third-order valence-corrected chi connectivity index (χ3v) is 7.28. The lowest BCUT2D eigenvalue weighted by Gasteiger charge is -2.13. The summed E-state index contributed by atoms with van der Waals surface area (Å²) in [5, 5.41) is 0. The molecule has 2 amide bonds. The summed E-state index contributed by atoms with van der Waals surface area (Å²) >= 11 is 3.81. The molecule has 2 aromatic carbocycles. The van der Waals surface area contributed by atoms with E-state index >= 15 is 0 Å². The zero-order chi connectivity index (χ0) is 18.1. The van der Waals surface area contributed by atoms with E-state index in [1.54, 1.807) is 36.4 Å². The van der Waals surface area contributed by atoms with Crippen LogP contribution in [0.5, 0.6) is 5.75 Å². The van der Waals surface area contributed by atoms with Gasteiger partial charge < -0.3 is 4.74 Å². The molecule has 0 atom stereocenters. The third kappa shape index (κ3) is 3.24. The van der Waals surface area contributed by atoms with Crippen molar-refractivity contribution in [2.45, 2.75) is 4.58 Å². The first kappa shape index (κ1) is 17.2. The lowest BCUT2D eigenvalue weighted by molar-refractivity contribution is -0.134. The van der Waals surface area contributed by atoms with Crippen LogP contribution in [0.2, 0.25) is 0 Å². The molecule has 2 heterocycles. The molecule has 4 rings (SSSR count). The van der Waals surface area contributed by atoms with E-state index in [1.807, 2.05) is 35.7 Å². The van der Waals surface area contributed by atoms with E-state index in [0.717, 1.165) is 16.4 Å². The van der Waals surface area contributed by atoms with Gasteiger partial charge in [-0.25, -0.2) is 4.79 Å². The number of hydrogen-bond acceptors (Lipinski definition) is 6. The summed E-state index contributed by atoms with van der Waals surface area (Å²) < 4.78 is 5.72. The molecule has 1 saturated heterocycles. The van der Waals surface area contributed by atoms with Crippen LogP contribution in [0.15, 0.2) is 48.5 Å². The van der Waals surface area contributed by atoms with Gasteiger partial charge in [-0.2, -0.15) is 0 Å². The Bertz CT molecular complexity index is 840. The summed E-state index contributed by atoms with van der Waals surface area (Å²) in [4.78, 5) is 37.7. The maximum atomic E-state index is 12.3. The number of imide groups is 1. The maximum absolute atomic E-state index is 12.3. The van der Waals surface area contributed by atoms with Crippen molar-refractivity contribution < 1.29 is 19.1 Å². The molecule has 132 valence electrons. The van der Waals surface area contributed by atoms with E-state index in [1.165, 1.54) is 5.56 Å². The molecule has 0 N–H and O–H groups in total. The smallest absolute Gasteiger partial charge is 0.331 e. The normalized spacial score (nSPS) is 16.8. The fraction of sp³-hybridized carbons (Fsp3) is 0.211. The molecule has 2 aliphatic rings. The molecule has 0 aromatic heterocycles. The zero-order valence-electron chi connectivity index (χ0n) is 13.7. The first-order valence-corrected chi connectivity index (χ1v) is 10.2. The standard InChI is InChI=1S/C19H15NO4S2/c21-16(11-20-17(22)14-3-1-2-4-15(14)18(20)23)24-13-7-5-12(6-8-13)19-25-9-10-26-19/h1-8,19H,9-11H2. The predicted octanol–water partition coefficient (Wildman–Crippen LogP) is 3.37. The summed E-state index contributed by atoms with van der Waals surface area (Å²) in [5.41, 5.74) is 1.83. The molecule has 2 aliphatic heterocycles. The molecule has 1 fully saturated rings. The number of esters is 1. The fourth-order valence-corrected chi connectivity index (χ4v) is 5.78. The summed E-state index contributed by atoms with van der Waals surface area (Å²) in [6, 6.07) is 13.9. The topological polar surface area (TPSA) is 63.7 Å². The van der Waals surface area contributed by atoms with Crippen LogP contribution in [0.3, 0.4) is 0 Å². The van der Waals surface area contributed by atoms with Crippen LogP contribution in [0.4, 0.5) is 0 Å². The van der Waals surface area contributed by atoms with E-state index in [2.05, 4.69) is 0 Å². The van der Waals surface area contributed by atoms with Crippen LogP contribution in [-0.2, 0) is 4.79 Å². The third-order valence-electron chi connectivity index (χ3n) is 4.17. The van der Waals surface area contributed by atoms with Gasteiger partial charge in [0.2, 0.25) is 0 Å². The Morgan fingerprint density at radius 3 is 2.12 bits per heavy atom. The second-order valence-corrected chi connectivity index (χ2v) is 8.58. The van der Waals surface area contributed by atoms with Gasteiger partial charge in [-0.3, -0.25) is 14.5 Å². The Balaban J connectivity index is 1.40. The van der Waals surface area contributed by atoms with Gasteiger partial charge in [0.25, 0.3) is 11.8 Å². The average Bonchev–Trinajstić information content (AvgIpc) is 3.27. The molecule has 0 saturated carbocycles. The lowest BCUT2D eigenvalue weighted by atomic mass is 10.1. The highest BCUT2D eigenvalue weighted by atomic mass is 32.2. The summed E-state index contributed by atoms with van der Waals surface area (Å²) in [7, 11) is 0. The number of ether oxygens (including phenoxy) is 1. The number of carbonyl (C=O) groups is 3. The van der Waals surface area contributed by atoms with Crippen molar-refractivity contribution >= 4 is 41.3 Å². The molecule has 0 unspecified atom stereocenters. The van der Waals surface area contributed by atoms with E-state index in [0.29, 0.717) is 21.5 Å². The zero-order valence-corrected chi connectivity index (χ0v) is 15.3. The van der Waals surface area contributed by atoms with Gasteiger partial charge >= 0.3 is 5.97 Å². The van der Waals surface area contributed by atoms with E-state index in [4.69, 9.17) is 4.74 Å². The van der Waals surface area contributed by atoms with Crippen molar-refractivity contribution in [2.24, 2.45) is 0 Å². The van der Waals surface area contributed by atoms with Gasteiger partial charge in [-0.1, -0.05) is 24.3 Å². The minimum atomic E-state index is -0.642. The Hall–Kier alpha value is -2.25. The second kappa shape index (κ2) is 7.17. The molecule has 26 heavy (non-hydrogen) atoms. The quantitative estimate of drug-likeness (QED) is 0.457. The van der Waals surface area contributed by atoms with Crippen molar-refractivity contribution in [3.63, 3.8) is 0 Å². The number of thioether (sulfide) groups is 2. The summed E-state index contributed by atoms with van der Waals surface area (Å²) in [5.74, 6) is 1.13. The highest BCUT2D eigenvalue weighted by Gasteiger charge is 2.36. The monoisotopic (exact) mass is 385 g/mol. The van der Waals surface area contributed by atoms with Crippen LogP contribution in [0, 0.1) is 0 Å². The van der Waals surface area contributed by atoms with Gasteiger partial charge in [-0.05, 0) is 29.8 Å². The van der Waals surface area contributed by atoms with Crippen LogP contribution in [0.25, 0.3) is 0 Å².